The van der Waals surface area contributed by atoms with E-state index in [4.69, 9.17) is 16.3 Å². The van der Waals surface area contributed by atoms with Crippen LogP contribution in [0.2, 0.25) is 4.34 Å². The first kappa shape index (κ1) is 20.8. The van der Waals surface area contributed by atoms with E-state index in [-0.39, 0.29) is 17.1 Å². The number of Topliss-reactive ketones (excluding diaryl/α,β-unsaturated/α-hetero) is 1. The van der Waals surface area contributed by atoms with Gasteiger partial charge < -0.3 is 10.1 Å². The van der Waals surface area contributed by atoms with Crippen LogP contribution in [0.25, 0.3) is 0 Å². The molecule has 2 fully saturated rings. The number of ether oxygens (including phenoxy) is 1. The van der Waals surface area contributed by atoms with Crippen molar-refractivity contribution in [3.63, 3.8) is 0 Å². The third-order valence-electron chi connectivity index (χ3n) is 5.12. The van der Waals surface area contributed by atoms with Gasteiger partial charge in [0.2, 0.25) is 5.78 Å². The monoisotopic (exact) mass is 426 g/mol. The molecule has 1 aliphatic heterocycles. The Bertz CT molecular complexity index is 836. The van der Waals surface area contributed by atoms with Crippen molar-refractivity contribution in [2.45, 2.75) is 45.6 Å². The highest BCUT2D eigenvalue weighted by atomic mass is 35.5. The van der Waals surface area contributed by atoms with E-state index in [0.29, 0.717) is 22.1 Å². The molecular weight excluding hydrogens is 404 g/mol. The van der Waals surface area contributed by atoms with Gasteiger partial charge in [-0.2, -0.15) is 0 Å². The van der Waals surface area contributed by atoms with Gasteiger partial charge in [0, 0.05) is 0 Å². The molecule has 9 heteroatoms. The summed E-state index contributed by atoms with van der Waals surface area (Å²) in [7, 11) is 0. The SMILES string of the molecule is CC1CC(C)(C)CC2(C1)NC(=O)N(CC(=O)OCC(=O)c1ccc(Cl)s1)C2=O. The predicted molar refractivity (Wildman–Crippen MR) is 104 cm³/mol. The molecular formula is C19H23ClN2O5S. The normalized spacial score (nSPS) is 26.4. The molecule has 2 atom stereocenters. The number of carbonyl (C=O) groups is 4. The average molecular weight is 427 g/mol. The lowest BCUT2D eigenvalue weighted by atomic mass is 9.64. The number of rotatable bonds is 5. The Morgan fingerprint density at radius 3 is 2.64 bits per heavy atom. The number of nitrogens with one attached hydrogen (secondary N) is 1. The number of halogens is 1. The van der Waals surface area contributed by atoms with Gasteiger partial charge in [-0.15, -0.1) is 11.3 Å². The minimum atomic E-state index is -0.970. The van der Waals surface area contributed by atoms with E-state index in [1.54, 1.807) is 12.1 Å². The molecule has 1 saturated carbocycles. The number of hydrogen-bond acceptors (Lipinski definition) is 6. The van der Waals surface area contributed by atoms with Gasteiger partial charge in [0.05, 0.1) is 9.21 Å². The largest absolute Gasteiger partial charge is 0.456 e. The van der Waals surface area contributed by atoms with Crippen LogP contribution in [-0.4, -0.2) is 47.3 Å². The molecule has 0 radical (unpaired) electrons. The Balaban J connectivity index is 1.61. The fourth-order valence-electron chi connectivity index (χ4n) is 4.51. The maximum Gasteiger partial charge on any atom is 0.326 e. The van der Waals surface area contributed by atoms with E-state index in [2.05, 4.69) is 26.1 Å². The molecule has 7 nitrogen and oxygen atoms in total. The van der Waals surface area contributed by atoms with Crippen LogP contribution < -0.4 is 5.32 Å². The second-order valence-electron chi connectivity index (χ2n) is 8.45. The molecule has 1 spiro atoms. The van der Waals surface area contributed by atoms with Crippen LogP contribution in [-0.2, 0) is 14.3 Å². The number of thiophene rings is 1. The lowest BCUT2D eigenvalue weighted by Crippen LogP contribution is -2.54. The molecule has 28 heavy (non-hydrogen) atoms. The fourth-order valence-corrected chi connectivity index (χ4v) is 5.47. The number of carbonyl (C=O) groups excluding carboxylic acids is 4. The van der Waals surface area contributed by atoms with Gasteiger partial charge in [-0.25, -0.2) is 4.79 Å². The molecule has 1 aliphatic carbocycles. The van der Waals surface area contributed by atoms with Crippen molar-refractivity contribution in [2.75, 3.05) is 13.2 Å². The highest BCUT2D eigenvalue weighted by Gasteiger charge is 2.56. The van der Waals surface area contributed by atoms with Gasteiger partial charge in [0.1, 0.15) is 12.1 Å². The van der Waals surface area contributed by atoms with E-state index in [0.717, 1.165) is 22.7 Å². The summed E-state index contributed by atoms with van der Waals surface area (Å²) in [6.07, 6.45) is 2.04. The maximum absolute atomic E-state index is 13.0. The van der Waals surface area contributed by atoms with Gasteiger partial charge in [-0.05, 0) is 42.7 Å². The van der Waals surface area contributed by atoms with Crippen LogP contribution in [0, 0.1) is 11.3 Å². The van der Waals surface area contributed by atoms with Crippen LogP contribution in [0.15, 0.2) is 12.1 Å². The quantitative estimate of drug-likeness (QED) is 0.443. The second kappa shape index (κ2) is 7.48. The van der Waals surface area contributed by atoms with Gasteiger partial charge >= 0.3 is 12.0 Å². The molecule has 2 heterocycles. The number of urea groups is 1. The minimum absolute atomic E-state index is 0.0917. The summed E-state index contributed by atoms with van der Waals surface area (Å²) in [5, 5.41) is 2.80. The van der Waals surface area contributed by atoms with Gasteiger partial charge in [-0.1, -0.05) is 32.4 Å². The molecule has 1 saturated heterocycles. The predicted octanol–water partition coefficient (Wildman–Crippen LogP) is 3.26. The standard InChI is InChI=1S/C19H23ClN2O5S/c1-11-6-18(2,3)10-19(7-11)16(25)22(17(26)21-19)8-15(24)27-9-12(23)13-4-5-14(20)28-13/h4-5,11H,6-10H2,1-3H3,(H,21,26). The van der Waals surface area contributed by atoms with Crippen LogP contribution in [0.5, 0.6) is 0 Å². The lowest BCUT2D eigenvalue weighted by molar-refractivity contribution is -0.147. The second-order valence-corrected chi connectivity index (χ2v) is 10.2. The topological polar surface area (TPSA) is 92.8 Å². The lowest BCUT2D eigenvalue weighted by Gasteiger charge is -2.43. The summed E-state index contributed by atoms with van der Waals surface area (Å²) in [5.41, 5.74) is -1.06. The van der Waals surface area contributed by atoms with Crippen LogP contribution in [0.3, 0.4) is 0 Å². The molecule has 3 amide bonds. The van der Waals surface area contributed by atoms with E-state index in [9.17, 15) is 19.2 Å². The Hall–Kier alpha value is -1.93. The molecule has 2 aliphatic rings. The van der Waals surface area contributed by atoms with Gasteiger partial charge in [0.15, 0.2) is 6.61 Å². The minimum Gasteiger partial charge on any atom is -0.456 e. The van der Waals surface area contributed by atoms with Gasteiger partial charge in [-0.3, -0.25) is 19.3 Å². The van der Waals surface area contributed by atoms with Crippen molar-refractivity contribution in [3.05, 3.63) is 21.3 Å². The number of ketones is 1. The van der Waals surface area contributed by atoms with Gasteiger partial charge in [0.25, 0.3) is 5.91 Å². The fraction of sp³-hybridized carbons (Fsp3) is 0.579. The molecule has 1 N–H and O–H groups in total. The van der Waals surface area contributed by atoms with Crippen molar-refractivity contribution >= 4 is 46.6 Å². The first-order valence-electron chi connectivity index (χ1n) is 9.10. The Kier molecular flexibility index (Phi) is 5.55. The average Bonchev–Trinajstić information content (AvgIpc) is 3.08. The maximum atomic E-state index is 13.0. The Labute approximate surface area is 172 Å². The summed E-state index contributed by atoms with van der Waals surface area (Å²) < 4.78 is 5.43. The molecule has 2 unspecified atom stereocenters. The van der Waals surface area contributed by atoms with E-state index < -0.39 is 36.6 Å². The Morgan fingerprint density at radius 2 is 2.04 bits per heavy atom. The van der Waals surface area contributed by atoms with Crippen LogP contribution in [0.4, 0.5) is 4.79 Å². The number of nitrogens with zero attached hydrogens (tertiary/aromatic N) is 1. The first-order chi connectivity index (χ1) is 13.0. The van der Waals surface area contributed by atoms with E-state index >= 15 is 0 Å². The van der Waals surface area contributed by atoms with Crippen LogP contribution in [0.1, 0.15) is 49.7 Å². The van der Waals surface area contributed by atoms with E-state index in [1.807, 2.05) is 0 Å². The molecule has 1 aromatic rings. The third kappa shape index (κ3) is 4.22. The van der Waals surface area contributed by atoms with Crippen molar-refractivity contribution in [2.24, 2.45) is 11.3 Å². The van der Waals surface area contributed by atoms with Crippen molar-refractivity contribution < 1.29 is 23.9 Å². The highest BCUT2D eigenvalue weighted by Crippen LogP contribution is 2.46. The first-order valence-corrected chi connectivity index (χ1v) is 10.3. The summed E-state index contributed by atoms with van der Waals surface area (Å²) in [5.74, 6) is -1.32. The van der Waals surface area contributed by atoms with Crippen molar-refractivity contribution in [3.8, 4) is 0 Å². The number of amides is 3. The molecule has 0 aromatic carbocycles. The number of imide groups is 1. The summed E-state index contributed by atoms with van der Waals surface area (Å²) in [6, 6.07) is 2.54. The zero-order valence-corrected chi connectivity index (χ0v) is 17.6. The van der Waals surface area contributed by atoms with Crippen molar-refractivity contribution in [1.29, 1.82) is 0 Å². The zero-order chi connectivity index (χ0) is 20.7. The van der Waals surface area contributed by atoms with E-state index in [1.165, 1.54) is 0 Å². The summed E-state index contributed by atoms with van der Waals surface area (Å²) in [4.78, 5) is 50.7. The smallest absolute Gasteiger partial charge is 0.326 e. The van der Waals surface area contributed by atoms with Crippen molar-refractivity contribution in [1.82, 2.24) is 10.2 Å². The molecule has 0 bridgehead atoms. The molecule has 3 rings (SSSR count). The van der Waals surface area contributed by atoms with Crippen LogP contribution >= 0.6 is 22.9 Å². The zero-order valence-electron chi connectivity index (χ0n) is 16.0. The number of esters is 1. The Morgan fingerprint density at radius 1 is 1.32 bits per heavy atom. The summed E-state index contributed by atoms with van der Waals surface area (Å²) >= 11 is 6.88. The third-order valence-corrected chi connectivity index (χ3v) is 6.40. The number of hydrogen-bond donors (Lipinski definition) is 1. The molecule has 152 valence electrons. The highest BCUT2D eigenvalue weighted by molar-refractivity contribution is 7.18. The summed E-state index contributed by atoms with van der Waals surface area (Å²) in [6.45, 7) is 5.22. The molecule has 1 aromatic heterocycles.